The lowest BCUT2D eigenvalue weighted by Gasteiger charge is -2.23. The standard InChI is InChI=1S/C21H19N3O4S2/c1-28-18-12-7-8-15(20(18)25)14-24(21-22-17-11-5-6-13-19(17)29-21)23-30(26,27)16-9-3-2-4-10-16/h2-13,23,25H,14H2,1H3. The summed E-state index contributed by atoms with van der Waals surface area (Å²) in [7, 11) is -2.40. The van der Waals surface area contributed by atoms with Crippen LogP contribution < -0.4 is 14.6 Å². The maximum Gasteiger partial charge on any atom is 0.257 e. The van der Waals surface area contributed by atoms with E-state index in [2.05, 4.69) is 9.82 Å². The van der Waals surface area contributed by atoms with Gasteiger partial charge in [-0.15, -0.1) is 4.83 Å². The first-order chi connectivity index (χ1) is 14.5. The fourth-order valence-electron chi connectivity index (χ4n) is 2.94. The van der Waals surface area contributed by atoms with Crippen LogP contribution >= 0.6 is 11.3 Å². The second-order valence-corrected chi connectivity index (χ2v) is 9.10. The first-order valence-corrected chi connectivity index (χ1v) is 11.3. The largest absolute Gasteiger partial charge is 0.504 e. The van der Waals surface area contributed by atoms with E-state index in [9.17, 15) is 13.5 Å². The first-order valence-electron chi connectivity index (χ1n) is 9.03. The summed E-state index contributed by atoms with van der Waals surface area (Å²) in [4.78, 5) is 7.30. The number of nitrogens with one attached hydrogen (secondary N) is 1. The van der Waals surface area contributed by atoms with Crippen LogP contribution in [0, 0.1) is 0 Å². The maximum atomic E-state index is 13.0. The van der Waals surface area contributed by atoms with Gasteiger partial charge in [0.25, 0.3) is 10.0 Å². The second-order valence-electron chi connectivity index (χ2n) is 6.43. The molecule has 0 spiro atoms. The molecule has 154 valence electrons. The molecule has 1 heterocycles. The lowest BCUT2D eigenvalue weighted by molar-refractivity contribution is 0.370. The van der Waals surface area contributed by atoms with Crippen molar-refractivity contribution < 1.29 is 18.3 Å². The van der Waals surface area contributed by atoms with Crippen molar-refractivity contribution in [3.05, 3.63) is 78.4 Å². The molecular weight excluding hydrogens is 422 g/mol. The fraction of sp³-hybridized carbons (Fsp3) is 0.0952. The summed E-state index contributed by atoms with van der Waals surface area (Å²) in [6.45, 7) is 0.0505. The van der Waals surface area contributed by atoms with Gasteiger partial charge in [0.2, 0.25) is 5.13 Å². The zero-order valence-corrected chi connectivity index (χ0v) is 17.7. The van der Waals surface area contributed by atoms with Crippen molar-refractivity contribution in [2.24, 2.45) is 0 Å². The van der Waals surface area contributed by atoms with Crippen LogP contribution in [0.4, 0.5) is 5.13 Å². The third-order valence-electron chi connectivity index (χ3n) is 4.43. The highest BCUT2D eigenvalue weighted by Gasteiger charge is 2.23. The van der Waals surface area contributed by atoms with Crippen LogP contribution in [0.2, 0.25) is 0 Å². The Morgan fingerprint density at radius 3 is 2.50 bits per heavy atom. The van der Waals surface area contributed by atoms with Crippen molar-refractivity contribution in [1.82, 2.24) is 9.82 Å². The second kappa shape index (κ2) is 8.31. The van der Waals surface area contributed by atoms with Gasteiger partial charge in [-0.3, -0.25) is 5.01 Å². The molecule has 4 aromatic rings. The van der Waals surface area contributed by atoms with Crippen molar-refractivity contribution in [3.8, 4) is 11.5 Å². The van der Waals surface area contributed by atoms with Gasteiger partial charge in [0.1, 0.15) is 0 Å². The molecule has 30 heavy (non-hydrogen) atoms. The van der Waals surface area contributed by atoms with Gasteiger partial charge in [0, 0.05) is 5.56 Å². The van der Waals surface area contributed by atoms with Crippen molar-refractivity contribution in [1.29, 1.82) is 0 Å². The summed E-state index contributed by atoms with van der Waals surface area (Å²) in [6, 6.07) is 20.7. The predicted octanol–water partition coefficient (Wildman–Crippen LogP) is 3.91. The molecule has 3 aromatic carbocycles. The number of hydrogen-bond acceptors (Lipinski definition) is 7. The van der Waals surface area contributed by atoms with Crippen molar-refractivity contribution >= 4 is 36.7 Å². The number of sulfonamides is 1. The number of phenols is 1. The molecule has 0 radical (unpaired) electrons. The SMILES string of the molecule is COc1cccc(CN(NS(=O)(=O)c2ccccc2)c2nc3ccccc3s2)c1O. The van der Waals surface area contributed by atoms with Gasteiger partial charge in [-0.2, -0.15) is 0 Å². The van der Waals surface area contributed by atoms with Crippen molar-refractivity contribution in [3.63, 3.8) is 0 Å². The lowest BCUT2D eigenvalue weighted by Crippen LogP contribution is -2.41. The molecule has 0 aliphatic rings. The molecule has 0 saturated heterocycles. The first kappa shape index (κ1) is 20.1. The highest BCUT2D eigenvalue weighted by atomic mass is 32.2. The molecule has 9 heteroatoms. The number of phenolic OH excluding ortho intramolecular Hbond substituents is 1. The summed E-state index contributed by atoms with van der Waals surface area (Å²) in [5.74, 6) is 0.257. The number of thiazole rings is 1. The number of hydrazine groups is 1. The predicted molar refractivity (Wildman–Crippen MR) is 117 cm³/mol. The Kier molecular flexibility index (Phi) is 5.58. The van der Waals surface area contributed by atoms with Crippen LogP contribution in [0.5, 0.6) is 11.5 Å². The molecule has 0 fully saturated rings. The number of hydrogen-bond donors (Lipinski definition) is 2. The molecule has 0 aliphatic heterocycles. The number of methoxy groups -OCH3 is 1. The van der Waals surface area contributed by atoms with E-state index in [1.54, 1.807) is 36.4 Å². The van der Waals surface area contributed by atoms with Gasteiger partial charge < -0.3 is 9.84 Å². The third-order valence-corrected chi connectivity index (χ3v) is 6.84. The molecule has 0 atom stereocenters. The molecule has 0 bridgehead atoms. The molecule has 2 N–H and O–H groups in total. The smallest absolute Gasteiger partial charge is 0.257 e. The van der Waals surface area contributed by atoms with E-state index >= 15 is 0 Å². The van der Waals surface area contributed by atoms with Gasteiger partial charge in [-0.05, 0) is 30.3 Å². The Balaban J connectivity index is 1.75. The quantitative estimate of drug-likeness (QED) is 0.423. The number of rotatable bonds is 7. The van der Waals surface area contributed by atoms with E-state index in [0.717, 1.165) is 10.2 Å². The zero-order valence-electron chi connectivity index (χ0n) is 16.0. The van der Waals surface area contributed by atoms with Gasteiger partial charge >= 0.3 is 0 Å². The van der Waals surface area contributed by atoms with Gasteiger partial charge in [0.15, 0.2) is 11.5 Å². The van der Waals surface area contributed by atoms with Gasteiger partial charge in [0.05, 0.1) is 28.8 Å². The summed E-state index contributed by atoms with van der Waals surface area (Å²) >= 11 is 1.35. The highest BCUT2D eigenvalue weighted by molar-refractivity contribution is 7.89. The third kappa shape index (κ3) is 4.09. The number of fused-ring (bicyclic) bond motifs is 1. The van der Waals surface area contributed by atoms with Gasteiger partial charge in [-0.1, -0.05) is 53.8 Å². The number of benzene rings is 3. The van der Waals surface area contributed by atoms with E-state index in [1.807, 2.05) is 24.3 Å². The Hall–Kier alpha value is -3.14. The highest BCUT2D eigenvalue weighted by Crippen LogP contribution is 2.33. The van der Waals surface area contributed by atoms with Crippen LogP contribution in [0.15, 0.2) is 77.7 Å². The molecule has 7 nitrogen and oxygen atoms in total. The summed E-state index contributed by atoms with van der Waals surface area (Å²) in [5, 5.41) is 12.4. The number of aromatic hydroxyl groups is 1. The van der Waals surface area contributed by atoms with Crippen molar-refractivity contribution in [2.75, 3.05) is 12.1 Å². The monoisotopic (exact) mass is 441 g/mol. The molecule has 0 aliphatic carbocycles. The summed E-state index contributed by atoms with van der Waals surface area (Å²) < 4.78 is 32.0. The van der Waals surface area contributed by atoms with Crippen LogP contribution in [-0.2, 0) is 16.6 Å². The molecule has 0 saturated carbocycles. The zero-order chi connectivity index (χ0) is 21.1. The van der Waals surface area contributed by atoms with E-state index in [4.69, 9.17) is 4.74 Å². The minimum atomic E-state index is -3.86. The average molecular weight is 442 g/mol. The number of ether oxygens (including phenoxy) is 1. The van der Waals surface area contributed by atoms with Gasteiger partial charge in [-0.25, -0.2) is 13.4 Å². The number of para-hydroxylation sites is 2. The number of nitrogens with zero attached hydrogens (tertiary/aromatic N) is 2. The van der Waals surface area contributed by atoms with Crippen LogP contribution in [-0.4, -0.2) is 25.6 Å². The van der Waals surface area contributed by atoms with E-state index < -0.39 is 10.0 Å². The van der Waals surface area contributed by atoms with Crippen molar-refractivity contribution in [2.45, 2.75) is 11.4 Å². The Bertz CT molecular complexity index is 1240. The topological polar surface area (TPSA) is 91.8 Å². The van der Waals surface area contributed by atoms with Crippen LogP contribution in [0.3, 0.4) is 0 Å². The van der Waals surface area contributed by atoms with E-state index in [0.29, 0.717) is 16.4 Å². The summed E-state index contributed by atoms with van der Waals surface area (Å²) in [6.07, 6.45) is 0. The van der Waals surface area contributed by atoms with E-state index in [-0.39, 0.29) is 17.2 Å². The Morgan fingerprint density at radius 2 is 1.77 bits per heavy atom. The number of anilines is 1. The van der Waals surface area contributed by atoms with Crippen LogP contribution in [0.25, 0.3) is 10.2 Å². The average Bonchev–Trinajstić information content (AvgIpc) is 3.19. The molecule has 1 aromatic heterocycles. The molecule has 0 unspecified atom stereocenters. The summed E-state index contributed by atoms with van der Waals surface area (Å²) in [5.41, 5.74) is 1.25. The maximum absolute atomic E-state index is 13.0. The molecular formula is C21H19N3O4S2. The lowest BCUT2D eigenvalue weighted by atomic mass is 10.2. The Labute approximate surface area is 178 Å². The normalized spacial score (nSPS) is 11.5. The van der Waals surface area contributed by atoms with Crippen LogP contribution in [0.1, 0.15) is 5.56 Å². The molecule has 4 rings (SSSR count). The minimum absolute atomic E-state index is 0.0505. The fourth-order valence-corrected chi connectivity index (χ4v) is 4.99. The number of aromatic nitrogens is 1. The minimum Gasteiger partial charge on any atom is -0.504 e. The van der Waals surface area contributed by atoms with E-state index in [1.165, 1.54) is 35.6 Å². The molecule has 0 amide bonds. The Morgan fingerprint density at radius 1 is 1.03 bits per heavy atom.